The molecule has 4 nitrogen and oxygen atoms in total. The summed E-state index contributed by atoms with van der Waals surface area (Å²) in [6.45, 7) is 10.3. The third-order valence-electron chi connectivity index (χ3n) is 4.05. The van der Waals surface area contributed by atoms with Gasteiger partial charge < -0.3 is 10.1 Å². The van der Waals surface area contributed by atoms with E-state index in [0.717, 1.165) is 38.9 Å². The number of morpholine rings is 1. The molecule has 2 atom stereocenters. The average molecular weight is 251 g/mol. The van der Waals surface area contributed by atoms with Gasteiger partial charge in [0, 0.05) is 44.8 Å². The molecular formula is C14H25N3O. The van der Waals surface area contributed by atoms with Gasteiger partial charge in [-0.25, -0.2) is 0 Å². The third kappa shape index (κ3) is 3.69. The molecule has 2 fully saturated rings. The van der Waals surface area contributed by atoms with Gasteiger partial charge in [-0.3, -0.25) is 9.80 Å². The molecule has 0 amide bonds. The number of hydrogen-bond acceptors (Lipinski definition) is 4. The van der Waals surface area contributed by atoms with Crippen molar-refractivity contribution in [3.05, 3.63) is 0 Å². The summed E-state index contributed by atoms with van der Waals surface area (Å²) in [6, 6.07) is 1.30. The van der Waals surface area contributed by atoms with Gasteiger partial charge in [0.15, 0.2) is 0 Å². The molecule has 0 radical (unpaired) electrons. The summed E-state index contributed by atoms with van der Waals surface area (Å²) >= 11 is 0. The summed E-state index contributed by atoms with van der Waals surface area (Å²) in [5.74, 6) is 2.62. The first-order chi connectivity index (χ1) is 8.81. The molecule has 2 aliphatic heterocycles. The second-order valence-corrected chi connectivity index (χ2v) is 5.27. The highest BCUT2D eigenvalue weighted by Crippen LogP contribution is 2.18. The number of ether oxygens (including phenoxy) is 1. The first kappa shape index (κ1) is 13.8. The van der Waals surface area contributed by atoms with Gasteiger partial charge in [-0.2, -0.15) is 0 Å². The van der Waals surface area contributed by atoms with Gasteiger partial charge in [-0.05, 0) is 13.3 Å². The number of likely N-dealkylation sites (tertiary alicyclic amines) is 1. The predicted octanol–water partition coefficient (Wildman–Crippen LogP) is 0.00420. The van der Waals surface area contributed by atoms with E-state index in [4.69, 9.17) is 11.2 Å². The van der Waals surface area contributed by atoms with Crippen LogP contribution in [0.1, 0.15) is 13.3 Å². The second-order valence-electron chi connectivity index (χ2n) is 5.27. The molecule has 0 bridgehead atoms. The van der Waals surface area contributed by atoms with Crippen molar-refractivity contribution in [1.82, 2.24) is 15.1 Å². The fourth-order valence-electron chi connectivity index (χ4n) is 2.89. The molecule has 18 heavy (non-hydrogen) atoms. The first-order valence-corrected chi connectivity index (χ1v) is 7.01. The summed E-state index contributed by atoms with van der Waals surface area (Å²) < 4.78 is 5.41. The van der Waals surface area contributed by atoms with Gasteiger partial charge in [0.1, 0.15) is 0 Å². The van der Waals surface area contributed by atoms with E-state index in [1.165, 1.54) is 19.5 Å². The molecule has 102 valence electrons. The van der Waals surface area contributed by atoms with Crippen LogP contribution in [0.25, 0.3) is 0 Å². The van der Waals surface area contributed by atoms with Crippen molar-refractivity contribution in [2.75, 3.05) is 52.5 Å². The van der Waals surface area contributed by atoms with Gasteiger partial charge in [-0.15, -0.1) is 6.42 Å². The van der Waals surface area contributed by atoms with Gasteiger partial charge in [0.25, 0.3) is 0 Å². The van der Waals surface area contributed by atoms with Crippen LogP contribution in [0.4, 0.5) is 0 Å². The van der Waals surface area contributed by atoms with Crippen molar-refractivity contribution >= 4 is 0 Å². The average Bonchev–Trinajstić information content (AvgIpc) is 2.89. The van der Waals surface area contributed by atoms with Crippen LogP contribution in [0.5, 0.6) is 0 Å². The van der Waals surface area contributed by atoms with E-state index in [1.807, 2.05) is 0 Å². The number of rotatable bonds is 5. The predicted molar refractivity (Wildman–Crippen MR) is 73.5 cm³/mol. The van der Waals surface area contributed by atoms with Crippen LogP contribution in [0.3, 0.4) is 0 Å². The minimum Gasteiger partial charge on any atom is -0.379 e. The Morgan fingerprint density at radius 2 is 2.17 bits per heavy atom. The van der Waals surface area contributed by atoms with Crippen molar-refractivity contribution in [3.63, 3.8) is 0 Å². The lowest BCUT2D eigenvalue weighted by Crippen LogP contribution is -2.46. The molecule has 0 aromatic rings. The Morgan fingerprint density at radius 3 is 2.89 bits per heavy atom. The smallest absolute Gasteiger partial charge is 0.0594 e. The summed E-state index contributed by atoms with van der Waals surface area (Å²) in [6.07, 6.45) is 6.53. The maximum Gasteiger partial charge on any atom is 0.0594 e. The maximum absolute atomic E-state index is 5.41. The third-order valence-corrected chi connectivity index (χ3v) is 4.05. The Bertz CT molecular complexity index is 283. The molecule has 0 spiro atoms. The quantitative estimate of drug-likeness (QED) is 0.550. The molecule has 0 aliphatic carbocycles. The lowest BCUT2D eigenvalue weighted by Gasteiger charge is -2.33. The first-order valence-electron chi connectivity index (χ1n) is 7.01. The molecule has 2 unspecified atom stereocenters. The van der Waals surface area contributed by atoms with E-state index in [9.17, 15) is 0 Å². The Kier molecular flexibility index (Phi) is 5.45. The van der Waals surface area contributed by atoms with Crippen LogP contribution in [0.15, 0.2) is 0 Å². The van der Waals surface area contributed by atoms with Crippen molar-refractivity contribution in [2.45, 2.75) is 25.4 Å². The topological polar surface area (TPSA) is 27.7 Å². The Hall–Kier alpha value is -0.600. The molecule has 0 aromatic heterocycles. The van der Waals surface area contributed by atoms with Crippen molar-refractivity contribution < 1.29 is 4.74 Å². The Labute approximate surface area is 111 Å². The van der Waals surface area contributed by atoms with Crippen LogP contribution in [0, 0.1) is 12.3 Å². The van der Waals surface area contributed by atoms with Gasteiger partial charge in [0.05, 0.1) is 19.8 Å². The molecule has 2 heterocycles. The van der Waals surface area contributed by atoms with Crippen LogP contribution < -0.4 is 5.32 Å². The highest BCUT2D eigenvalue weighted by molar-refractivity contribution is 4.89. The van der Waals surface area contributed by atoms with E-state index in [-0.39, 0.29) is 0 Å². The summed E-state index contributed by atoms with van der Waals surface area (Å²) in [5.41, 5.74) is 0. The van der Waals surface area contributed by atoms with Crippen molar-refractivity contribution in [1.29, 1.82) is 0 Å². The van der Waals surface area contributed by atoms with Crippen LogP contribution in [0.2, 0.25) is 0 Å². The molecule has 2 aliphatic rings. The number of nitrogens with zero attached hydrogens (tertiary/aromatic N) is 2. The van der Waals surface area contributed by atoms with Crippen LogP contribution >= 0.6 is 0 Å². The van der Waals surface area contributed by atoms with Crippen LogP contribution in [-0.4, -0.2) is 74.4 Å². The Balaban J connectivity index is 1.71. The monoisotopic (exact) mass is 251 g/mol. The maximum atomic E-state index is 5.41. The molecule has 2 rings (SSSR count). The minimum absolute atomic E-state index is 0.574. The lowest BCUT2D eigenvalue weighted by atomic mass is 10.2. The normalized spacial score (nSPS) is 28.1. The SMILES string of the molecule is C#CCNCC(C)N1CCC(N2CCOCC2)C1. The zero-order valence-corrected chi connectivity index (χ0v) is 11.4. The molecule has 1 N–H and O–H groups in total. The Morgan fingerprint density at radius 1 is 1.39 bits per heavy atom. The van der Waals surface area contributed by atoms with Crippen LogP contribution in [-0.2, 0) is 4.74 Å². The van der Waals surface area contributed by atoms with Gasteiger partial charge in [0.2, 0.25) is 0 Å². The lowest BCUT2D eigenvalue weighted by molar-refractivity contribution is 0.0178. The van der Waals surface area contributed by atoms with Gasteiger partial charge >= 0.3 is 0 Å². The zero-order valence-electron chi connectivity index (χ0n) is 11.4. The minimum atomic E-state index is 0.574. The van der Waals surface area contributed by atoms with E-state index >= 15 is 0 Å². The number of hydrogen-bond donors (Lipinski definition) is 1. The van der Waals surface area contributed by atoms with E-state index in [0.29, 0.717) is 12.6 Å². The molecule has 2 saturated heterocycles. The fraction of sp³-hybridized carbons (Fsp3) is 0.857. The van der Waals surface area contributed by atoms with Gasteiger partial charge in [-0.1, -0.05) is 5.92 Å². The number of terminal acetylenes is 1. The van der Waals surface area contributed by atoms with E-state index in [2.05, 4.69) is 28.0 Å². The highest BCUT2D eigenvalue weighted by atomic mass is 16.5. The standard InChI is InChI=1S/C14H25N3O/c1-3-5-15-11-13(2)17-6-4-14(12-17)16-7-9-18-10-8-16/h1,13-15H,4-12H2,2H3. The highest BCUT2D eigenvalue weighted by Gasteiger charge is 2.30. The number of nitrogens with one attached hydrogen (secondary N) is 1. The largest absolute Gasteiger partial charge is 0.379 e. The van der Waals surface area contributed by atoms with Crippen molar-refractivity contribution in [3.8, 4) is 12.3 Å². The summed E-state index contributed by atoms with van der Waals surface area (Å²) in [5, 5.41) is 3.29. The van der Waals surface area contributed by atoms with E-state index < -0.39 is 0 Å². The molecule has 0 aromatic carbocycles. The molecule has 0 saturated carbocycles. The zero-order chi connectivity index (χ0) is 12.8. The fourth-order valence-corrected chi connectivity index (χ4v) is 2.89. The summed E-state index contributed by atoms with van der Waals surface area (Å²) in [7, 11) is 0. The molecule has 4 heteroatoms. The molecular weight excluding hydrogens is 226 g/mol. The summed E-state index contributed by atoms with van der Waals surface area (Å²) in [4.78, 5) is 5.16. The second kappa shape index (κ2) is 7.10. The van der Waals surface area contributed by atoms with E-state index in [1.54, 1.807) is 0 Å². The van der Waals surface area contributed by atoms with Crippen molar-refractivity contribution in [2.24, 2.45) is 0 Å².